The first-order valence-electron chi connectivity index (χ1n) is 8.72. The number of rotatable bonds is 4. The zero-order chi connectivity index (χ0) is 17.6. The van der Waals surface area contributed by atoms with Gasteiger partial charge in [0.2, 0.25) is 0 Å². The van der Waals surface area contributed by atoms with Gasteiger partial charge in [-0.2, -0.15) is 0 Å². The fraction of sp³-hybridized carbons (Fsp3) is 0.588. The fourth-order valence-corrected chi connectivity index (χ4v) is 2.99. The smallest absolute Gasteiger partial charge is 0.409 e. The third kappa shape index (κ3) is 4.39. The summed E-state index contributed by atoms with van der Waals surface area (Å²) in [5, 5.41) is 2.84. The van der Waals surface area contributed by atoms with Gasteiger partial charge in [0.15, 0.2) is 0 Å². The van der Waals surface area contributed by atoms with Crippen LogP contribution in [0.3, 0.4) is 0 Å². The number of amides is 2. The molecule has 2 aliphatic heterocycles. The summed E-state index contributed by atoms with van der Waals surface area (Å²) >= 11 is 0. The molecule has 0 radical (unpaired) electrons. The quantitative estimate of drug-likeness (QED) is 0.887. The lowest BCUT2D eigenvalue weighted by atomic mass is 10.2. The Balaban J connectivity index is 1.51. The zero-order valence-electron chi connectivity index (χ0n) is 14.4. The molecule has 0 aromatic carbocycles. The number of piperazine rings is 1. The summed E-state index contributed by atoms with van der Waals surface area (Å²) in [6.07, 6.45) is 2.73. The van der Waals surface area contributed by atoms with Crippen molar-refractivity contribution in [1.82, 2.24) is 9.88 Å². The highest BCUT2D eigenvalue weighted by Gasteiger charge is 2.24. The molecule has 2 saturated heterocycles. The van der Waals surface area contributed by atoms with Crippen LogP contribution in [0.2, 0.25) is 0 Å². The highest BCUT2D eigenvalue weighted by molar-refractivity contribution is 5.94. The Labute approximate surface area is 147 Å². The van der Waals surface area contributed by atoms with E-state index < -0.39 is 0 Å². The maximum absolute atomic E-state index is 12.0. The molecule has 8 nitrogen and oxygen atoms in total. The van der Waals surface area contributed by atoms with Crippen molar-refractivity contribution in [2.75, 3.05) is 49.6 Å². The molecule has 1 unspecified atom stereocenters. The van der Waals surface area contributed by atoms with E-state index in [0.29, 0.717) is 45.1 Å². The average Bonchev–Trinajstić information content (AvgIpc) is 3.18. The number of anilines is 2. The fourth-order valence-electron chi connectivity index (χ4n) is 2.99. The molecule has 25 heavy (non-hydrogen) atoms. The molecule has 2 aliphatic rings. The van der Waals surface area contributed by atoms with Gasteiger partial charge in [0.05, 0.1) is 18.5 Å². The van der Waals surface area contributed by atoms with Crippen LogP contribution in [0.4, 0.5) is 16.3 Å². The van der Waals surface area contributed by atoms with Crippen molar-refractivity contribution in [2.24, 2.45) is 0 Å². The molecule has 0 aliphatic carbocycles. The Morgan fingerprint density at radius 1 is 1.32 bits per heavy atom. The van der Waals surface area contributed by atoms with Crippen molar-refractivity contribution >= 4 is 23.5 Å². The summed E-state index contributed by atoms with van der Waals surface area (Å²) in [7, 11) is 0. The Morgan fingerprint density at radius 3 is 2.72 bits per heavy atom. The number of ether oxygens (including phenoxy) is 2. The van der Waals surface area contributed by atoms with Crippen LogP contribution in [0.25, 0.3) is 0 Å². The molecule has 0 bridgehead atoms. The second-order valence-electron chi connectivity index (χ2n) is 6.07. The maximum Gasteiger partial charge on any atom is 0.409 e. The van der Waals surface area contributed by atoms with E-state index in [1.54, 1.807) is 18.0 Å². The minimum atomic E-state index is -0.351. The Bertz CT molecular complexity index is 593. The molecule has 2 amide bonds. The number of carbonyl (C=O) groups excluding carboxylic acids is 2. The standard InChI is InChI=1S/C17H24N4O4/c1-2-24-17(23)21-9-7-20(8-10-21)15-6-5-13(12-18-15)19-16(22)14-4-3-11-25-14/h5-6,12,14H,2-4,7-11H2,1H3,(H,19,22). The van der Waals surface area contributed by atoms with Gasteiger partial charge in [-0.1, -0.05) is 0 Å². The van der Waals surface area contributed by atoms with Gasteiger partial charge in [-0.3, -0.25) is 4.79 Å². The van der Waals surface area contributed by atoms with Crippen LogP contribution < -0.4 is 10.2 Å². The van der Waals surface area contributed by atoms with Gasteiger partial charge in [-0.05, 0) is 31.9 Å². The lowest BCUT2D eigenvalue weighted by Crippen LogP contribution is -2.49. The summed E-state index contributed by atoms with van der Waals surface area (Å²) in [5.41, 5.74) is 0.661. The predicted octanol–water partition coefficient (Wildman–Crippen LogP) is 1.48. The highest BCUT2D eigenvalue weighted by Crippen LogP contribution is 2.18. The van der Waals surface area contributed by atoms with Crippen molar-refractivity contribution in [3.05, 3.63) is 18.3 Å². The summed E-state index contributed by atoms with van der Waals surface area (Å²) in [5.74, 6) is 0.716. The SMILES string of the molecule is CCOC(=O)N1CCN(c2ccc(NC(=O)C3CCCO3)cn2)CC1. The second kappa shape index (κ2) is 8.15. The van der Waals surface area contributed by atoms with Crippen LogP contribution >= 0.6 is 0 Å². The molecule has 1 aromatic heterocycles. The van der Waals surface area contributed by atoms with Crippen molar-refractivity contribution in [2.45, 2.75) is 25.9 Å². The van der Waals surface area contributed by atoms with Gasteiger partial charge in [0.25, 0.3) is 5.91 Å². The number of hydrogen-bond acceptors (Lipinski definition) is 6. The minimum absolute atomic E-state index is 0.116. The van der Waals surface area contributed by atoms with Crippen LogP contribution in [-0.4, -0.2) is 67.4 Å². The number of carbonyl (C=O) groups is 2. The molecule has 0 spiro atoms. The topological polar surface area (TPSA) is 84.0 Å². The van der Waals surface area contributed by atoms with Crippen LogP contribution in [0.15, 0.2) is 18.3 Å². The molecular formula is C17H24N4O4. The predicted molar refractivity (Wildman–Crippen MR) is 92.6 cm³/mol. The molecule has 1 aromatic rings. The lowest BCUT2D eigenvalue weighted by molar-refractivity contribution is -0.124. The van der Waals surface area contributed by atoms with Gasteiger partial charge >= 0.3 is 6.09 Å². The van der Waals surface area contributed by atoms with Crippen molar-refractivity contribution < 1.29 is 19.1 Å². The van der Waals surface area contributed by atoms with Gasteiger partial charge in [-0.15, -0.1) is 0 Å². The summed E-state index contributed by atoms with van der Waals surface area (Å²) < 4.78 is 10.4. The number of pyridine rings is 1. The molecule has 0 saturated carbocycles. The van der Waals surface area contributed by atoms with Gasteiger partial charge in [0.1, 0.15) is 11.9 Å². The molecule has 136 valence electrons. The molecule has 3 heterocycles. The van der Waals surface area contributed by atoms with E-state index in [1.165, 1.54) is 0 Å². The van der Waals surface area contributed by atoms with Crippen molar-refractivity contribution in [3.63, 3.8) is 0 Å². The number of aromatic nitrogens is 1. The second-order valence-corrected chi connectivity index (χ2v) is 6.07. The summed E-state index contributed by atoms with van der Waals surface area (Å²) in [4.78, 5) is 32.0. The average molecular weight is 348 g/mol. The van der Waals surface area contributed by atoms with E-state index in [-0.39, 0.29) is 18.1 Å². The number of nitrogens with zero attached hydrogens (tertiary/aromatic N) is 3. The molecule has 3 rings (SSSR count). The highest BCUT2D eigenvalue weighted by atomic mass is 16.6. The van der Waals surface area contributed by atoms with Crippen LogP contribution in [-0.2, 0) is 14.3 Å². The van der Waals surface area contributed by atoms with E-state index in [2.05, 4.69) is 15.2 Å². The molecule has 1 N–H and O–H groups in total. The first-order chi connectivity index (χ1) is 12.2. The third-order valence-electron chi connectivity index (χ3n) is 4.37. The lowest BCUT2D eigenvalue weighted by Gasteiger charge is -2.34. The van der Waals surface area contributed by atoms with Crippen LogP contribution in [0, 0.1) is 0 Å². The van der Waals surface area contributed by atoms with E-state index in [1.807, 2.05) is 12.1 Å². The maximum atomic E-state index is 12.0. The molecular weight excluding hydrogens is 324 g/mol. The Kier molecular flexibility index (Phi) is 5.70. The van der Waals surface area contributed by atoms with Crippen LogP contribution in [0.1, 0.15) is 19.8 Å². The number of hydrogen-bond donors (Lipinski definition) is 1. The normalized spacial score (nSPS) is 20.4. The molecule has 1 atom stereocenters. The summed E-state index contributed by atoms with van der Waals surface area (Å²) in [6.45, 7) is 5.46. The van der Waals surface area contributed by atoms with Crippen LogP contribution in [0.5, 0.6) is 0 Å². The van der Waals surface area contributed by atoms with Gasteiger partial charge in [-0.25, -0.2) is 9.78 Å². The Morgan fingerprint density at radius 2 is 2.12 bits per heavy atom. The minimum Gasteiger partial charge on any atom is -0.450 e. The number of nitrogens with one attached hydrogen (secondary N) is 1. The third-order valence-corrected chi connectivity index (χ3v) is 4.37. The van der Waals surface area contributed by atoms with Crippen molar-refractivity contribution in [1.29, 1.82) is 0 Å². The molecule has 2 fully saturated rings. The van der Waals surface area contributed by atoms with E-state index in [0.717, 1.165) is 18.7 Å². The van der Waals surface area contributed by atoms with Gasteiger partial charge in [0, 0.05) is 32.8 Å². The van der Waals surface area contributed by atoms with E-state index in [4.69, 9.17) is 9.47 Å². The largest absolute Gasteiger partial charge is 0.450 e. The van der Waals surface area contributed by atoms with Crippen molar-refractivity contribution in [3.8, 4) is 0 Å². The first-order valence-corrected chi connectivity index (χ1v) is 8.72. The first kappa shape index (κ1) is 17.5. The summed E-state index contributed by atoms with van der Waals surface area (Å²) in [6, 6.07) is 3.72. The zero-order valence-corrected chi connectivity index (χ0v) is 14.4. The van der Waals surface area contributed by atoms with Gasteiger partial charge < -0.3 is 24.6 Å². The Hall–Kier alpha value is -2.35. The monoisotopic (exact) mass is 348 g/mol. The molecule has 8 heteroatoms. The van der Waals surface area contributed by atoms with E-state index >= 15 is 0 Å². The van der Waals surface area contributed by atoms with E-state index in [9.17, 15) is 9.59 Å².